The summed E-state index contributed by atoms with van der Waals surface area (Å²) in [5.41, 5.74) is 8.51. The van der Waals surface area contributed by atoms with Crippen LogP contribution in [0.1, 0.15) is 23.6 Å². The van der Waals surface area contributed by atoms with Crippen LogP contribution in [0, 0.1) is 19.7 Å². The minimum absolute atomic E-state index is 0. The van der Waals surface area contributed by atoms with Gasteiger partial charge in [-0.1, -0.05) is 29.8 Å². The minimum Gasteiger partial charge on any atom is -0.252 e. The standard InChI is InChI=1S/C19H18FN3S.BrH/c1-12-4-6-15(7-5-12)14(3)22-23-19-21-18(11-24-19)16-8-9-17(20)13(2)10-16;/h4-11H,1-3H3,(H,21,23);1H/b22-14+;. The highest BCUT2D eigenvalue weighted by atomic mass is 79.9. The number of aromatic nitrogens is 1. The fourth-order valence-corrected chi connectivity index (χ4v) is 2.91. The van der Waals surface area contributed by atoms with Crippen molar-refractivity contribution in [3.05, 3.63) is 70.4 Å². The molecule has 0 amide bonds. The highest BCUT2D eigenvalue weighted by Crippen LogP contribution is 2.26. The summed E-state index contributed by atoms with van der Waals surface area (Å²) in [6.07, 6.45) is 0. The maximum absolute atomic E-state index is 13.4. The van der Waals surface area contributed by atoms with Crippen LogP contribution in [0.4, 0.5) is 9.52 Å². The lowest BCUT2D eigenvalue weighted by molar-refractivity contribution is 0.619. The number of hydrogen-bond acceptors (Lipinski definition) is 4. The van der Waals surface area contributed by atoms with Crippen molar-refractivity contribution >= 4 is 39.2 Å². The van der Waals surface area contributed by atoms with Gasteiger partial charge in [0.25, 0.3) is 0 Å². The maximum atomic E-state index is 13.4. The van der Waals surface area contributed by atoms with E-state index >= 15 is 0 Å². The molecule has 0 atom stereocenters. The van der Waals surface area contributed by atoms with E-state index in [0.717, 1.165) is 22.5 Å². The van der Waals surface area contributed by atoms with Crippen LogP contribution in [-0.4, -0.2) is 10.7 Å². The zero-order valence-electron chi connectivity index (χ0n) is 14.2. The van der Waals surface area contributed by atoms with Crippen LogP contribution in [0.2, 0.25) is 0 Å². The van der Waals surface area contributed by atoms with Crippen molar-refractivity contribution in [1.29, 1.82) is 0 Å². The predicted molar refractivity (Wildman–Crippen MR) is 110 cm³/mol. The Morgan fingerprint density at radius 2 is 1.84 bits per heavy atom. The lowest BCUT2D eigenvalue weighted by Gasteiger charge is -2.02. The number of nitrogens with zero attached hydrogens (tertiary/aromatic N) is 2. The Bertz CT molecular complexity index is 888. The molecule has 2 aromatic carbocycles. The first kappa shape index (κ1) is 19.3. The minimum atomic E-state index is -0.203. The van der Waals surface area contributed by atoms with Crippen molar-refractivity contribution in [2.75, 3.05) is 5.43 Å². The van der Waals surface area contributed by atoms with E-state index in [4.69, 9.17) is 0 Å². The average molecular weight is 420 g/mol. The van der Waals surface area contributed by atoms with Gasteiger partial charge in [0.2, 0.25) is 5.13 Å². The fourth-order valence-electron chi connectivity index (χ4n) is 2.25. The molecule has 3 rings (SSSR count). The van der Waals surface area contributed by atoms with Crippen molar-refractivity contribution in [3.8, 4) is 11.3 Å². The molecule has 6 heteroatoms. The van der Waals surface area contributed by atoms with E-state index in [2.05, 4.69) is 34.6 Å². The molecule has 0 bridgehead atoms. The summed E-state index contributed by atoms with van der Waals surface area (Å²) >= 11 is 1.47. The Morgan fingerprint density at radius 3 is 2.52 bits per heavy atom. The zero-order chi connectivity index (χ0) is 17.1. The van der Waals surface area contributed by atoms with Gasteiger partial charge < -0.3 is 0 Å². The molecule has 130 valence electrons. The van der Waals surface area contributed by atoms with Crippen molar-refractivity contribution in [2.24, 2.45) is 5.10 Å². The number of thiazole rings is 1. The number of nitrogens with one attached hydrogen (secondary N) is 1. The second-order valence-corrected chi connectivity index (χ2v) is 6.54. The Hall–Kier alpha value is -2.05. The second kappa shape index (κ2) is 8.36. The lowest BCUT2D eigenvalue weighted by atomic mass is 10.1. The summed E-state index contributed by atoms with van der Waals surface area (Å²) in [5.74, 6) is -0.203. The van der Waals surface area contributed by atoms with Gasteiger partial charge in [-0.2, -0.15) is 5.10 Å². The van der Waals surface area contributed by atoms with Crippen molar-refractivity contribution in [3.63, 3.8) is 0 Å². The van der Waals surface area contributed by atoms with Gasteiger partial charge in [-0.25, -0.2) is 9.37 Å². The Balaban J connectivity index is 0.00000225. The normalized spacial score (nSPS) is 11.1. The van der Waals surface area contributed by atoms with Gasteiger partial charge in [0.05, 0.1) is 11.4 Å². The third-order valence-corrected chi connectivity index (χ3v) is 4.49. The Kier molecular flexibility index (Phi) is 6.45. The molecule has 1 N–H and O–H groups in total. The summed E-state index contributed by atoms with van der Waals surface area (Å²) in [7, 11) is 0. The monoisotopic (exact) mass is 419 g/mol. The second-order valence-electron chi connectivity index (χ2n) is 5.68. The van der Waals surface area contributed by atoms with E-state index in [9.17, 15) is 4.39 Å². The van der Waals surface area contributed by atoms with E-state index in [-0.39, 0.29) is 22.8 Å². The first-order valence-corrected chi connectivity index (χ1v) is 8.50. The SMILES string of the molecule is Br.C/C(=N\Nc1nc(-c2ccc(F)c(C)c2)cs1)c1ccc(C)cc1. The zero-order valence-corrected chi connectivity index (χ0v) is 16.7. The van der Waals surface area contributed by atoms with Crippen LogP contribution in [0.15, 0.2) is 52.9 Å². The van der Waals surface area contributed by atoms with Crippen molar-refractivity contribution < 1.29 is 4.39 Å². The number of hydrazone groups is 1. The fraction of sp³-hybridized carbons (Fsp3) is 0.158. The van der Waals surface area contributed by atoms with Crippen LogP contribution in [0.3, 0.4) is 0 Å². The van der Waals surface area contributed by atoms with Crippen LogP contribution >= 0.6 is 28.3 Å². The van der Waals surface area contributed by atoms with E-state index in [1.807, 2.05) is 24.4 Å². The van der Waals surface area contributed by atoms with Crippen LogP contribution in [-0.2, 0) is 0 Å². The van der Waals surface area contributed by atoms with Gasteiger partial charge in [0.1, 0.15) is 5.82 Å². The van der Waals surface area contributed by atoms with Crippen molar-refractivity contribution in [1.82, 2.24) is 4.98 Å². The highest BCUT2D eigenvalue weighted by molar-refractivity contribution is 8.93. The molecular weight excluding hydrogens is 401 g/mol. The third kappa shape index (κ3) is 4.74. The smallest absolute Gasteiger partial charge is 0.203 e. The average Bonchev–Trinajstić information content (AvgIpc) is 3.05. The number of hydrogen-bond donors (Lipinski definition) is 1. The molecule has 0 fully saturated rings. The Morgan fingerprint density at radius 1 is 1.12 bits per heavy atom. The van der Waals surface area contributed by atoms with Gasteiger partial charge >= 0.3 is 0 Å². The molecule has 0 aliphatic heterocycles. The lowest BCUT2D eigenvalue weighted by Crippen LogP contribution is -1.99. The predicted octanol–water partition coefficient (Wildman–Crippen LogP) is 5.98. The largest absolute Gasteiger partial charge is 0.252 e. The molecule has 1 aromatic heterocycles. The number of aryl methyl sites for hydroxylation is 2. The summed E-state index contributed by atoms with van der Waals surface area (Å²) < 4.78 is 13.4. The molecule has 0 aliphatic carbocycles. The number of anilines is 1. The molecule has 0 unspecified atom stereocenters. The molecule has 0 aliphatic rings. The molecule has 0 radical (unpaired) electrons. The van der Waals surface area contributed by atoms with Gasteiger partial charge in [0, 0.05) is 10.9 Å². The molecule has 0 saturated heterocycles. The maximum Gasteiger partial charge on any atom is 0.203 e. The number of halogens is 2. The molecule has 3 nitrogen and oxygen atoms in total. The molecule has 3 aromatic rings. The molecular formula is C19H19BrFN3S. The van der Waals surface area contributed by atoms with Gasteiger partial charge in [-0.05, 0) is 50.1 Å². The highest BCUT2D eigenvalue weighted by Gasteiger charge is 2.06. The Labute approximate surface area is 161 Å². The molecule has 1 heterocycles. The van der Waals surface area contributed by atoms with E-state index in [1.165, 1.54) is 23.0 Å². The first-order chi connectivity index (χ1) is 11.5. The number of rotatable bonds is 4. The van der Waals surface area contributed by atoms with Crippen LogP contribution < -0.4 is 5.43 Å². The van der Waals surface area contributed by atoms with Crippen LogP contribution in [0.25, 0.3) is 11.3 Å². The summed E-state index contributed by atoms with van der Waals surface area (Å²) in [4.78, 5) is 4.51. The molecule has 0 spiro atoms. The number of benzene rings is 2. The van der Waals surface area contributed by atoms with E-state index in [1.54, 1.807) is 19.1 Å². The molecule has 0 saturated carbocycles. The first-order valence-electron chi connectivity index (χ1n) is 7.62. The van der Waals surface area contributed by atoms with E-state index in [0.29, 0.717) is 10.7 Å². The van der Waals surface area contributed by atoms with Gasteiger partial charge in [-0.15, -0.1) is 28.3 Å². The van der Waals surface area contributed by atoms with Gasteiger partial charge in [0.15, 0.2) is 0 Å². The van der Waals surface area contributed by atoms with Gasteiger partial charge in [-0.3, -0.25) is 5.43 Å². The van der Waals surface area contributed by atoms with Crippen LogP contribution in [0.5, 0.6) is 0 Å². The summed E-state index contributed by atoms with van der Waals surface area (Å²) in [5, 5.41) is 7.03. The van der Waals surface area contributed by atoms with E-state index < -0.39 is 0 Å². The summed E-state index contributed by atoms with van der Waals surface area (Å²) in [6, 6.07) is 13.2. The topological polar surface area (TPSA) is 37.3 Å². The summed E-state index contributed by atoms with van der Waals surface area (Å²) in [6.45, 7) is 5.76. The third-order valence-electron chi connectivity index (χ3n) is 3.75. The molecule has 25 heavy (non-hydrogen) atoms. The quantitative estimate of drug-likeness (QED) is 0.417. The van der Waals surface area contributed by atoms with Crippen molar-refractivity contribution in [2.45, 2.75) is 20.8 Å².